The average Bonchev–Trinajstić information content (AvgIpc) is 2.34. The van der Waals surface area contributed by atoms with Gasteiger partial charge >= 0.3 is 0 Å². The minimum absolute atomic E-state index is 0.514. The first-order valence-corrected chi connectivity index (χ1v) is 5.76. The van der Waals surface area contributed by atoms with Crippen molar-refractivity contribution in [3.63, 3.8) is 0 Å². The van der Waals surface area contributed by atoms with Gasteiger partial charge < -0.3 is 9.88 Å². The van der Waals surface area contributed by atoms with Crippen LogP contribution in [0.5, 0.6) is 0 Å². The Balaban J connectivity index is 2.20. The van der Waals surface area contributed by atoms with Crippen LogP contribution in [0.1, 0.15) is 12.5 Å². The van der Waals surface area contributed by atoms with Gasteiger partial charge in [-0.2, -0.15) is 4.98 Å². The predicted octanol–water partition coefficient (Wildman–Crippen LogP) is 1.88. The van der Waals surface area contributed by atoms with E-state index in [4.69, 9.17) is 12.2 Å². The lowest BCUT2D eigenvalue weighted by Crippen LogP contribution is -2.09. The van der Waals surface area contributed by atoms with E-state index in [0.717, 1.165) is 12.1 Å². The number of anilines is 1. The molecule has 0 unspecified atom stereocenters. The second kappa shape index (κ2) is 5.49. The zero-order valence-corrected chi connectivity index (χ0v) is 10.3. The molecule has 1 N–H and O–H groups in total. The number of hydrogen-bond acceptors (Lipinski definition) is 5. The summed E-state index contributed by atoms with van der Waals surface area (Å²) >= 11 is 5.20. The van der Waals surface area contributed by atoms with Crippen molar-refractivity contribution in [2.24, 2.45) is 0 Å². The number of hydrogen-bond donors (Lipinski definition) is 1. The molecule has 6 heteroatoms. The average molecular weight is 247 g/mol. The first-order chi connectivity index (χ1) is 8.29. The molecule has 0 aromatic carbocycles. The molecule has 0 aliphatic rings. The van der Waals surface area contributed by atoms with E-state index in [1.807, 2.05) is 23.6 Å². The molecule has 5 nitrogen and oxygen atoms in total. The Morgan fingerprint density at radius 2 is 2.35 bits per heavy atom. The Labute approximate surface area is 105 Å². The molecule has 2 aromatic heterocycles. The molecule has 0 saturated heterocycles. The van der Waals surface area contributed by atoms with Gasteiger partial charge in [0.2, 0.25) is 10.7 Å². The first kappa shape index (κ1) is 11.7. The van der Waals surface area contributed by atoms with E-state index >= 15 is 0 Å². The van der Waals surface area contributed by atoms with Gasteiger partial charge in [-0.15, -0.1) is 0 Å². The topological polar surface area (TPSA) is 55.6 Å². The van der Waals surface area contributed by atoms with Gasteiger partial charge in [-0.3, -0.25) is 4.98 Å². The van der Waals surface area contributed by atoms with E-state index in [-0.39, 0.29) is 0 Å². The zero-order valence-electron chi connectivity index (χ0n) is 9.50. The molecule has 0 amide bonds. The maximum Gasteiger partial charge on any atom is 0.226 e. The Morgan fingerprint density at radius 1 is 1.47 bits per heavy atom. The minimum atomic E-state index is 0.514. The maximum absolute atomic E-state index is 5.20. The third-order valence-corrected chi connectivity index (χ3v) is 2.50. The quantitative estimate of drug-likeness (QED) is 0.836. The first-order valence-electron chi connectivity index (χ1n) is 5.36. The number of nitrogens with zero attached hydrogens (tertiary/aromatic N) is 4. The van der Waals surface area contributed by atoms with Crippen molar-refractivity contribution in [3.8, 4) is 0 Å². The van der Waals surface area contributed by atoms with Gasteiger partial charge in [0, 0.05) is 18.9 Å². The molecule has 0 atom stereocenters. The fraction of sp³-hybridized carbons (Fsp3) is 0.273. The predicted molar refractivity (Wildman–Crippen MR) is 68.4 cm³/mol. The van der Waals surface area contributed by atoms with Crippen molar-refractivity contribution in [2.75, 3.05) is 11.9 Å². The monoisotopic (exact) mass is 247 g/mol. The van der Waals surface area contributed by atoms with Crippen molar-refractivity contribution in [1.82, 2.24) is 19.5 Å². The molecule has 0 radical (unpaired) electrons. The van der Waals surface area contributed by atoms with Crippen LogP contribution in [-0.4, -0.2) is 26.1 Å². The molecular weight excluding hydrogens is 234 g/mol. The summed E-state index contributed by atoms with van der Waals surface area (Å²) in [5.41, 5.74) is 1.07. The van der Waals surface area contributed by atoms with Crippen LogP contribution < -0.4 is 5.32 Å². The summed E-state index contributed by atoms with van der Waals surface area (Å²) in [6.07, 6.45) is 5.24. The van der Waals surface area contributed by atoms with Crippen LogP contribution in [0.15, 0.2) is 30.9 Å². The molecule has 0 saturated carbocycles. The van der Waals surface area contributed by atoms with Crippen LogP contribution in [0, 0.1) is 4.77 Å². The molecule has 2 rings (SSSR count). The zero-order chi connectivity index (χ0) is 12.1. The summed E-state index contributed by atoms with van der Waals surface area (Å²) in [7, 11) is 0. The van der Waals surface area contributed by atoms with E-state index in [2.05, 4.69) is 20.3 Å². The maximum atomic E-state index is 5.20. The molecular formula is C11H13N5S. The normalized spacial score (nSPS) is 10.2. The summed E-state index contributed by atoms with van der Waals surface area (Å²) in [6.45, 7) is 3.41. The Morgan fingerprint density at radius 3 is 3.00 bits per heavy atom. The van der Waals surface area contributed by atoms with Crippen LogP contribution in [-0.2, 0) is 6.54 Å². The third kappa shape index (κ3) is 3.07. The molecule has 17 heavy (non-hydrogen) atoms. The van der Waals surface area contributed by atoms with Gasteiger partial charge in [0.25, 0.3) is 0 Å². The lowest BCUT2D eigenvalue weighted by atomic mass is 10.3. The highest BCUT2D eigenvalue weighted by Crippen LogP contribution is 2.02. The standard InChI is InChI=1S/C11H13N5S/c1-2-13-10-14-8-16(11(17)15-10)7-9-4-3-5-12-6-9/h3-6,8H,2,7H2,1H3,(H,13,15,17). The highest BCUT2D eigenvalue weighted by molar-refractivity contribution is 7.71. The van der Waals surface area contributed by atoms with Crippen molar-refractivity contribution in [2.45, 2.75) is 13.5 Å². The van der Waals surface area contributed by atoms with Gasteiger partial charge in [-0.1, -0.05) is 6.07 Å². The number of nitrogens with one attached hydrogen (secondary N) is 1. The lowest BCUT2D eigenvalue weighted by molar-refractivity contribution is 0.722. The second-order valence-electron chi connectivity index (χ2n) is 3.48. The van der Waals surface area contributed by atoms with Gasteiger partial charge in [0.05, 0.1) is 6.54 Å². The highest BCUT2D eigenvalue weighted by Gasteiger charge is 1.99. The van der Waals surface area contributed by atoms with Gasteiger partial charge in [-0.05, 0) is 30.8 Å². The van der Waals surface area contributed by atoms with Crippen molar-refractivity contribution < 1.29 is 0 Å². The SMILES string of the molecule is CCNc1ncn(Cc2cccnc2)c(=S)n1. The van der Waals surface area contributed by atoms with Crippen molar-refractivity contribution in [1.29, 1.82) is 0 Å². The van der Waals surface area contributed by atoms with Crippen LogP contribution in [0.3, 0.4) is 0 Å². The van der Waals surface area contributed by atoms with Gasteiger partial charge in [0.15, 0.2) is 0 Å². The summed E-state index contributed by atoms with van der Waals surface area (Å²) < 4.78 is 2.33. The van der Waals surface area contributed by atoms with E-state index < -0.39 is 0 Å². The van der Waals surface area contributed by atoms with Crippen molar-refractivity contribution in [3.05, 3.63) is 41.2 Å². The van der Waals surface area contributed by atoms with E-state index in [1.54, 1.807) is 18.7 Å². The van der Waals surface area contributed by atoms with Crippen molar-refractivity contribution >= 4 is 18.2 Å². The Bertz CT molecular complexity index is 537. The molecule has 0 aliphatic heterocycles. The smallest absolute Gasteiger partial charge is 0.226 e. The summed E-state index contributed by atoms with van der Waals surface area (Å²) in [4.78, 5) is 12.4. The van der Waals surface area contributed by atoms with Gasteiger partial charge in [-0.25, -0.2) is 4.98 Å². The molecule has 88 valence electrons. The fourth-order valence-corrected chi connectivity index (χ4v) is 1.60. The van der Waals surface area contributed by atoms with Crippen LogP contribution in [0.4, 0.5) is 5.95 Å². The number of pyridine rings is 1. The van der Waals surface area contributed by atoms with E-state index in [9.17, 15) is 0 Å². The summed E-state index contributed by atoms with van der Waals surface area (Å²) in [5.74, 6) is 0.569. The fourth-order valence-electron chi connectivity index (χ4n) is 1.40. The Kier molecular flexibility index (Phi) is 3.77. The number of aromatic nitrogens is 4. The highest BCUT2D eigenvalue weighted by atomic mass is 32.1. The van der Waals surface area contributed by atoms with E-state index in [0.29, 0.717) is 17.3 Å². The van der Waals surface area contributed by atoms with Crippen LogP contribution >= 0.6 is 12.2 Å². The molecule has 2 heterocycles. The molecule has 0 spiro atoms. The summed E-state index contributed by atoms with van der Waals surface area (Å²) in [5, 5.41) is 3.02. The molecule has 2 aromatic rings. The van der Waals surface area contributed by atoms with E-state index in [1.165, 1.54) is 0 Å². The minimum Gasteiger partial charge on any atom is -0.354 e. The second-order valence-corrected chi connectivity index (χ2v) is 3.85. The molecule has 0 aliphatic carbocycles. The van der Waals surface area contributed by atoms with Gasteiger partial charge in [0.1, 0.15) is 6.33 Å². The van der Waals surface area contributed by atoms with Crippen LogP contribution in [0.25, 0.3) is 0 Å². The molecule has 0 bridgehead atoms. The third-order valence-electron chi connectivity index (χ3n) is 2.18. The van der Waals surface area contributed by atoms with Crippen LogP contribution in [0.2, 0.25) is 0 Å². The Hall–Kier alpha value is -1.82. The summed E-state index contributed by atoms with van der Waals surface area (Å²) in [6, 6.07) is 3.89. The number of rotatable bonds is 4. The largest absolute Gasteiger partial charge is 0.354 e. The molecule has 0 fully saturated rings. The lowest BCUT2D eigenvalue weighted by Gasteiger charge is -2.07.